The smallest absolute Gasteiger partial charge is 0.301 e. The van der Waals surface area contributed by atoms with Gasteiger partial charge in [-0.1, -0.05) is 6.42 Å². The van der Waals surface area contributed by atoms with Crippen LogP contribution in [-0.2, 0) is 10.2 Å². The lowest BCUT2D eigenvalue weighted by atomic mass is 10.1. The van der Waals surface area contributed by atoms with Crippen LogP contribution < -0.4 is 10.5 Å². The SMILES string of the molecule is NCC1CCCCN1S(=O)(=O)Nc1ccc(F)c(Br)c1. The Morgan fingerprint density at radius 3 is 2.85 bits per heavy atom. The maximum absolute atomic E-state index is 13.2. The van der Waals surface area contributed by atoms with Crippen LogP contribution in [0.25, 0.3) is 0 Å². The largest absolute Gasteiger partial charge is 0.329 e. The Labute approximate surface area is 126 Å². The van der Waals surface area contributed by atoms with Crippen molar-refractivity contribution in [1.29, 1.82) is 0 Å². The van der Waals surface area contributed by atoms with Crippen molar-refractivity contribution in [1.82, 2.24) is 4.31 Å². The van der Waals surface area contributed by atoms with Gasteiger partial charge in [-0.05, 0) is 47.0 Å². The lowest BCUT2D eigenvalue weighted by molar-refractivity contribution is 0.259. The molecule has 1 saturated heterocycles. The van der Waals surface area contributed by atoms with Crippen LogP contribution in [0.4, 0.5) is 10.1 Å². The van der Waals surface area contributed by atoms with Gasteiger partial charge in [0.1, 0.15) is 5.82 Å². The average molecular weight is 366 g/mol. The fourth-order valence-electron chi connectivity index (χ4n) is 2.29. The Morgan fingerprint density at radius 2 is 2.20 bits per heavy atom. The van der Waals surface area contributed by atoms with E-state index in [4.69, 9.17) is 5.73 Å². The van der Waals surface area contributed by atoms with Gasteiger partial charge >= 0.3 is 10.2 Å². The van der Waals surface area contributed by atoms with Crippen LogP contribution in [0, 0.1) is 5.82 Å². The van der Waals surface area contributed by atoms with E-state index in [-0.39, 0.29) is 10.5 Å². The normalized spacial score (nSPS) is 20.9. The van der Waals surface area contributed by atoms with Gasteiger partial charge in [-0.3, -0.25) is 4.72 Å². The van der Waals surface area contributed by atoms with Gasteiger partial charge in [-0.2, -0.15) is 12.7 Å². The van der Waals surface area contributed by atoms with E-state index in [0.717, 1.165) is 19.3 Å². The number of piperidine rings is 1. The quantitative estimate of drug-likeness (QED) is 0.857. The van der Waals surface area contributed by atoms with Crippen molar-refractivity contribution >= 4 is 31.8 Å². The lowest BCUT2D eigenvalue weighted by Crippen LogP contribution is -2.49. The molecule has 0 radical (unpaired) electrons. The molecule has 1 unspecified atom stereocenters. The predicted molar refractivity (Wildman–Crippen MR) is 80.0 cm³/mol. The molecule has 1 aromatic rings. The van der Waals surface area contributed by atoms with E-state index in [9.17, 15) is 12.8 Å². The number of anilines is 1. The summed E-state index contributed by atoms with van der Waals surface area (Å²) >= 11 is 3.03. The van der Waals surface area contributed by atoms with E-state index in [1.165, 1.54) is 22.5 Å². The second-order valence-electron chi connectivity index (χ2n) is 4.73. The fraction of sp³-hybridized carbons (Fsp3) is 0.500. The zero-order chi connectivity index (χ0) is 14.8. The molecule has 3 N–H and O–H groups in total. The Balaban J connectivity index is 2.19. The summed E-state index contributed by atoms with van der Waals surface area (Å²) in [6.07, 6.45) is 2.57. The van der Waals surface area contributed by atoms with Crippen LogP contribution in [0.3, 0.4) is 0 Å². The van der Waals surface area contributed by atoms with Crippen molar-refractivity contribution in [2.45, 2.75) is 25.3 Å². The molecule has 1 heterocycles. The third-order valence-corrected chi connectivity index (χ3v) is 5.52. The molecule has 0 spiro atoms. The molecule has 8 heteroatoms. The topological polar surface area (TPSA) is 75.4 Å². The molecule has 20 heavy (non-hydrogen) atoms. The zero-order valence-electron chi connectivity index (χ0n) is 10.9. The van der Waals surface area contributed by atoms with Crippen molar-refractivity contribution in [3.63, 3.8) is 0 Å². The van der Waals surface area contributed by atoms with E-state index in [0.29, 0.717) is 18.8 Å². The standard InChI is InChI=1S/C12H17BrFN3O2S/c13-11-7-9(4-5-12(11)14)16-20(18,19)17-6-2-1-3-10(17)8-15/h4-5,7,10,16H,1-3,6,8,15H2. The summed E-state index contributed by atoms with van der Waals surface area (Å²) < 4.78 is 42.0. The Kier molecular flexibility index (Phi) is 5.00. The Bertz CT molecular complexity index is 582. The molecule has 1 aliphatic heterocycles. The highest BCUT2D eigenvalue weighted by Crippen LogP contribution is 2.24. The highest BCUT2D eigenvalue weighted by molar-refractivity contribution is 9.10. The van der Waals surface area contributed by atoms with Gasteiger partial charge in [0.05, 0.1) is 10.2 Å². The minimum absolute atomic E-state index is 0.176. The second kappa shape index (κ2) is 6.38. The summed E-state index contributed by atoms with van der Waals surface area (Å²) in [6.45, 7) is 0.758. The summed E-state index contributed by atoms with van der Waals surface area (Å²) in [7, 11) is -3.67. The van der Waals surface area contributed by atoms with Crippen LogP contribution in [0.15, 0.2) is 22.7 Å². The van der Waals surface area contributed by atoms with E-state index < -0.39 is 16.0 Å². The summed E-state index contributed by atoms with van der Waals surface area (Å²) in [5, 5.41) is 0. The van der Waals surface area contributed by atoms with Gasteiger partial charge in [-0.25, -0.2) is 4.39 Å². The van der Waals surface area contributed by atoms with Crippen molar-refractivity contribution in [2.75, 3.05) is 17.8 Å². The van der Waals surface area contributed by atoms with Crippen molar-refractivity contribution in [2.24, 2.45) is 5.73 Å². The predicted octanol–water partition coefficient (Wildman–Crippen LogP) is 2.06. The minimum Gasteiger partial charge on any atom is -0.329 e. The number of hydrogen-bond acceptors (Lipinski definition) is 3. The van der Waals surface area contributed by atoms with Crippen LogP contribution in [0.2, 0.25) is 0 Å². The summed E-state index contributed by atoms with van der Waals surface area (Å²) in [5.41, 5.74) is 5.96. The number of benzene rings is 1. The number of halogens is 2. The van der Waals surface area contributed by atoms with Crippen molar-refractivity contribution < 1.29 is 12.8 Å². The average Bonchev–Trinajstić information content (AvgIpc) is 2.42. The molecule has 0 aromatic heterocycles. The van der Waals surface area contributed by atoms with Gasteiger partial charge in [0, 0.05) is 19.1 Å². The molecule has 1 atom stereocenters. The van der Waals surface area contributed by atoms with Crippen molar-refractivity contribution in [3.05, 3.63) is 28.5 Å². The Hall–Kier alpha value is -0.700. The molecule has 0 amide bonds. The van der Waals surface area contributed by atoms with E-state index >= 15 is 0 Å². The van der Waals surface area contributed by atoms with Gasteiger partial charge in [0.25, 0.3) is 0 Å². The Morgan fingerprint density at radius 1 is 1.45 bits per heavy atom. The van der Waals surface area contributed by atoms with Crippen LogP contribution in [-0.4, -0.2) is 31.9 Å². The first-order chi connectivity index (χ1) is 9.44. The van der Waals surface area contributed by atoms with Gasteiger partial charge < -0.3 is 5.73 Å². The number of nitrogens with one attached hydrogen (secondary N) is 1. The lowest BCUT2D eigenvalue weighted by Gasteiger charge is -2.33. The number of nitrogens with two attached hydrogens (primary N) is 1. The number of nitrogens with zero attached hydrogens (tertiary/aromatic N) is 1. The number of rotatable bonds is 4. The van der Waals surface area contributed by atoms with Gasteiger partial charge in [-0.15, -0.1) is 0 Å². The summed E-state index contributed by atoms with van der Waals surface area (Å²) in [5.74, 6) is -0.439. The molecular weight excluding hydrogens is 349 g/mol. The summed E-state index contributed by atoms with van der Waals surface area (Å²) in [4.78, 5) is 0. The van der Waals surface area contributed by atoms with E-state index in [1.54, 1.807) is 0 Å². The minimum atomic E-state index is -3.67. The number of hydrogen-bond donors (Lipinski definition) is 2. The molecule has 2 rings (SSSR count). The van der Waals surface area contributed by atoms with Crippen molar-refractivity contribution in [3.8, 4) is 0 Å². The van der Waals surface area contributed by atoms with Crippen LogP contribution >= 0.6 is 15.9 Å². The molecule has 112 valence electrons. The first kappa shape index (κ1) is 15.7. The highest BCUT2D eigenvalue weighted by Gasteiger charge is 2.31. The van der Waals surface area contributed by atoms with Gasteiger partial charge in [0.2, 0.25) is 0 Å². The molecule has 1 aliphatic rings. The molecule has 1 fully saturated rings. The molecule has 5 nitrogen and oxygen atoms in total. The van der Waals surface area contributed by atoms with E-state index in [2.05, 4.69) is 20.7 Å². The monoisotopic (exact) mass is 365 g/mol. The molecule has 1 aromatic carbocycles. The summed E-state index contributed by atoms with van der Waals surface area (Å²) in [6, 6.07) is 3.82. The fourth-order valence-corrected chi connectivity index (χ4v) is 4.17. The van der Waals surface area contributed by atoms with Crippen LogP contribution in [0.1, 0.15) is 19.3 Å². The second-order valence-corrected chi connectivity index (χ2v) is 7.21. The third-order valence-electron chi connectivity index (χ3n) is 3.32. The van der Waals surface area contributed by atoms with Gasteiger partial charge in [0.15, 0.2) is 0 Å². The third kappa shape index (κ3) is 3.49. The van der Waals surface area contributed by atoms with Crippen LogP contribution in [0.5, 0.6) is 0 Å². The first-order valence-corrected chi connectivity index (χ1v) is 8.62. The molecule has 0 aliphatic carbocycles. The molecule has 0 bridgehead atoms. The van der Waals surface area contributed by atoms with E-state index in [1.807, 2.05) is 0 Å². The maximum atomic E-state index is 13.2. The molecular formula is C12H17BrFN3O2S. The zero-order valence-corrected chi connectivity index (χ0v) is 13.3. The maximum Gasteiger partial charge on any atom is 0.301 e. The highest BCUT2D eigenvalue weighted by atomic mass is 79.9. The molecule has 0 saturated carbocycles. The first-order valence-electron chi connectivity index (χ1n) is 6.39.